The van der Waals surface area contributed by atoms with Crippen molar-refractivity contribution in [2.75, 3.05) is 6.61 Å². The van der Waals surface area contributed by atoms with Crippen molar-refractivity contribution in [1.29, 1.82) is 0 Å². The lowest BCUT2D eigenvalue weighted by Crippen LogP contribution is -2.29. The molecule has 1 atom stereocenters. The zero-order valence-corrected chi connectivity index (χ0v) is 16.4. The van der Waals surface area contributed by atoms with Gasteiger partial charge in [-0.1, -0.05) is 49.8 Å². The summed E-state index contributed by atoms with van der Waals surface area (Å²) in [5, 5.41) is 8.70. The van der Waals surface area contributed by atoms with Crippen LogP contribution in [0.15, 0.2) is 58.7 Å². The number of carboxylic acids is 1. The van der Waals surface area contributed by atoms with Gasteiger partial charge in [0.2, 0.25) is 0 Å². The standard InChI is InChI=1S/C22H32O3/c1-7-25-20-13-14-22(5,6)19(18(20)4)12-11-16(2)9-8-10-17(3)15-21(23)24/h8-12,15,20H,7,13-14H2,1-6H3,(H,23,24)/b10-8+,12-11+,16-9+,17-15+. The zero-order chi connectivity index (χ0) is 19.0. The number of hydrogen-bond donors (Lipinski definition) is 1. The van der Waals surface area contributed by atoms with Gasteiger partial charge in [-0.05, 0) is 62.7 Å². The van der Waals surface area contributed by atoms with Crippen molar-refractivity contribution in [2.45, 2.75) is 60.5 Å². The van der Waals surface area contributed by atoms with Gasteiger partial charge in [0, 0.05) is 12.7 Å². The molecule has 1 unspecified atom stereocenters. The fraction of sp³-hybridized carbons (Fsp3) is 0.500. The highest BCUT2D eigenvalue weighted by molar-refractivity contribution is 5.81. The number of carboxylic acid groups (broad SMARTS) is 1. The Bertz CT molecular complexity index is 628. The van der Waals surface area contributed by atoms with Gasteiger partial charge in [-0.25, -0.2) is 4.79 Å². The maximum absolute atomic E-state index is 10.6. The Morgan fingerprint density at radius 2 is 1.96 bits per heavy atom. The maximum atomic E-state index is 10.6. The normalized spacial score (nSPS) is 22.2. The minimum Gasteiger partial charge on any atom is -0.478 e. The van der Waals surface area contributed by atoms with E-state index < -0.39 is 5.97 Å². The van der Waals surface area contributed by atoms with Crippen LogP contribution in [0.4, 0.5) is 0 Å². The molecule has 3 nitrogen and oxygen atoms in total. The molecule has 0 spiro atoms. The largest absolute Gasteiger partial charge is 0.478 e. The van der Waals surface area contributed by atoms with E-state index in [-0.39, 0.29) is 11.5 Å². The SMILES string of the molecule is CCOC1CCC(C)(C)C(/C=C/C(C)=C/C=C/C(C)=C/C(=O)O)=C1C. The van der Waals surface area contributed by atoms with Gasteiger partial charge in [0.25, 0.3) is 0 Å². The van der Waals surface area contributed by atoms with Gasteiger partial charge in [0.15, 0.2) is 0 Å². The molecule has 0 aliphatic heterocycles. The molecule has 3 heteroatoms. The first kappa shape index (κ1) is 21.2. The minimum absolute atomic E-state index is 0.158. The summed E-state index contributed by atoms with van der Waals surface area (Å²) in [6, 6.07) is 0. The van der Waals surface area contributed by atoms with Crippen LogP contribution in [0.5, 0.6) is 0 Å². The van der Waals surface area contributed by atoms with Crippen molar-refractivity contribution in [3.8, 4) is 0 Å². The Balaban J connectivity index is 2.93. The van der Waals surface area contributed by atoms with E-state index in [1.54, 1.807) is 13.0 Å². The molecule has 0 aromatic carbocycles. The van der Waals surface area contributed by atoms with E-state index in [4.69, 9.17) is 9.84 Å². The Labute approximate surface area is 152 Å². The smallest absolute Gasteiger partial charge is 0.328 e. The molecule has 0 fully saturated rings. The summed E-state index contributed by atoms with van der Waals surface area (Å²) in [5.41, 5.74) is 4.68. The summed E-state index contributed by atoms with van der Waals surface area (Å²) >= 11 is 0. The lowest BCUT2D eigenvalue weighted by molar-refractivity contribution is -0.131. The molecule has 0 aromatic heterocycles. The Hall–Kier alpha value is -1.87. The molecule has 1 N–H and O–H groups in total. The van der Waals surface area contributed by atoms with E-state index in [2.05, 4.69) is 32.9 Å². The second-order valence-corrected chi connectivity index (χ2v) is 7.29. The average Bonchev–Trinajstić information content (AvgIpc) is 2.49. The van der Waals surface area contributed by atoms with Gasteiger partial charge in [-0.3, -0.25) is 0 Å². The van der Waals surface area contributed by atoms with Crippen LogP contribution in [-0.2, 0) is 9.53 Å². The second kappa shape index (κ2) is 9.57. The van der Waals surface area contributed by atoms with E-state index in [1.807, 2.05) is 26.0 Å². The first-order valence-electron chi connectivity index (χ1n) is 8.94. The van der Waals surface area contributed by atoms with Gasteiger partial charge >= 0.3 is 5.97 Å². The third-order valence-corrected chi connectivity index (χ3v) is 4.62. The van der Waals surface area contributed by atoms with Crippen molar-refractivity contribution in [3.63, 3.8) is 0 Å². The highest BCUT2D eigenvalue weighted by atomic mass is 16.5. The van der Waals surface area contributed by atoms with Crippen LogP contribution in [0.3, 0.4) is 0 Å². The van der Waals surface area contributed by atoms with Crippen molar-refractivity contribution in [2.24, 2.45) is 5.41 Å². The number of allylic oxidation sites excluding steroid dienone is 8. The average molecular weight is 344 g/mol. The van der Waals surface area contributed by atoms with Gasteiger partial charge in [-0.2, -0.15) is 0 Å². The van der Waals surface area contributed by atoms with Crippen molar-refractivity contribution >= 4 is 5.97 Å². The number of ether oxygens (including phenoxy) is 1. The number of carbonyl (C=O) groups is 1. The van der Waals surface area contributed by atoms with Crippen LogP contribution in [0, 0.1) is 5.41 Å². The summed E-state index contributed by atoms with van der Waals surface area (Å²) in [5.74, 6) is -0.923. The van der Waals surface area contributed by atoms with Crippen molar-refractivity contribution in [1.82, 2.24) is 0 Å². The Kier molecular flexibility index (Phi) is 8.11. The third kappa shape index (κ3) is 6.87. The van der Waals surface area contributed by atoms with Gasteiger partial charge < -0.3 is 9.84 Å². The first-order chi connectivity index (χ1) is 11.7. The molecule has 0 heterocycles. The van der Waals surface area contributed by atoms with Crippen LogP contribution in [0.25, 0.3) is 0 Å². The minimum atomic E-state index is -0.923. The molecule has 1 aliphatic carbocycles. The van der Waals surface area contributed by atoms with Gasteiger partial charge in [-0.15, -0.1) is 0 Å². The predicted molar refractivity (Wildman–Crippen MR) is 105 cm³/mol. The van der Waals surface area contributed by atoms with E-state index >= 15 is 0 Å². The molecule has 0 amide bonds. The monoisotopic (exact) mass is 344 g/mol. The fourth-order valence-corrected chi connectivity index (χ4v) is 3.18. The summed E-state index contributed by atoms with van der Waals surface area (Å²) in [4.78, 5) is 10.6. The van der Waals surface area contributed by atoms with E-state index in [0.29, 0.717) is 5.57 Å². The molecule has 0 bridgehead atoms. The maximum Gasteiger partial charge on any atom is 0.328 e. The number of aliphatic carboxylic acids is 1. The van der Waals surface area contributed by atoms with Crippen LogP contribution in [-0.4, -0.2) is 23.8 Å². The number of rotatable bonds is 7. The lowest BCUT2D eigenvalue weighted by atomic mass is 9.71. The molecule has 138 valence electrons. The summed E-state index contributed by atoms with van der Waals surface area (Å²) < 4.78 is 5.88. The van der Waals surface area contributed by atoms with Crippen molar-refractivity contribution < 1.29 is 14.6 Å². The molecular formula is C22H32O3. The molecule has 0 saturated heterocycles. The molecule has 1 rings (SSSR count). The Morgan fingerprint density at radius 3 is 2.56 bits per heavy atom. The first-order valence-corrected chi connectivity index (χ1v) is 8.94. The van der Waals surface area contributed by atoms with Gasteiger partial charge in [0.05, 0.1) is 6.10 Å². The molecule has 1 aliphatic rings. The molecule has 0 saturated carbocycles. The zero-order valence-electron chi connectivity index (χ0n) is 16.4. The molecule has 25 heavy (non-hydrogen) atoms. The highest BCUT2D eigenvalue weighted by Crippen LogP contribution is 2.41. The predicted octanol–water partition coefficient (Wildman–Crippen LogP) is 5.62. The Morgan fingerprint density at radius 1 is 1.28 bits per heavy atom. The van der Waals surface area contributed by atoms with Gasteiger partial charge in [0.1, 0.15) is 0 Å². The molecule has 0 radical (unpaired) electrons. The second-order valence-electron chi connectivity index (χ2n) is 7.29. The summed E-state index contributed by atoms with van der Waals surface area (Å²) in [7, 11) is 0. The fourth-order valence-electron chi connectivity index (χ4n) is 3.18. The van der Waals surface area contributed by atoms with Crippen molar-refractivity contribution in [3.05, 3.63) is 58.7 Å². The lowest BCUT2D eigenvalue weighted by Gasteiger charge is -2.37. The van der Waals surface area contributed by atoms with E-state index in [9.17, 15) is 4.79 Å². The topological polar surface area (TPSA) is 46.5 Å². The highest BCUT2D eigenvalue weighted by Gasteiger charge is 2.31. The summed E-state index contributed by atoms with van der Waals surface area (Å²) in [6.07, 6.45) is 13.6. The van der Waals surface area contributed by atoms with Crippen LogP contribution in [0.1, 0.15) is 54.4 Å². The molecular weight excluding hydrogens is 312 g/mol. The summed E-state index contributed by atoms with van der Waals surface area (Å²) in [6.45, 7) is 13.4. The quantitative estimate of drug-likeness (QED) is 0.482. The van der Waals surface area contributed by atoms with E-state index in [1.165, 1.54) is 17.2 Å². The van der Waals surface area contributed by atoms with Crippen LogP contribution < -0.4 is 0 Å². The van der Waals surface area contributed by atoms with Crippen LogP contribution in [0.2, 0.25) is 0 Å². The molecule has 0 aromatic rings. The third-order valence-electron chi connectivity index (χ3n) is 4.62. The van der Waals surface area contributed by atoms with Crippen LogP contribution >= 0.6 is 0 Å². The number of hydrogen-bond acceptors (Lipinski definition) is 2. The van der Waals surface area contributed by atoms with E-state index in [0.717, 1.165) is 25.0 Å².